The quantitative estimate of drug-likeness (QED) is 0.316. The van der Waals surface area contributed by atoms with E-state index in [0.717, 1.165) is 50.0 Å². The zero-order valence-electron chi connectivity index (χ0n) is 19.7. The van der Waals surface area contributed by atoms with Gasteiger partial charge >= 0.3 is 0 Å². The number of rotatable bonds is 14. The second-order valence-electron chi connectivity index (χ2n) is 8.80. The van der Waals surface area contributed by atoms with E-state index in [1.165, 1.54) is 48.8 Å². The van der Waals surface area contributed by atoms with Crippen molar-refractivity contribution in [3.8, 4) is 0 Å². The fraction of sp³-hybridized carbons (Fsp3) is 0.500. The van der Waals surface area contributed by atoms with E-state index in [2.05, 4.69) is 70.7 Å². The van der Waals surface area contributed by atoms with E-state index in [0.29, 0.717) is 5.95 Å². The van der Waals surface area contributed by atoms with Crippen LogP contribution in [0.4, 0.5) is 5.95 Å². The van der Waals surface area contributed by atoms with Gasteiger partial charge in [-0.05, 0) is 56.6 Å². The lowest BCUT2D eigenvalue weighted by molar-refractivity contribution is 0.642. The number of allylic oxidation sites excluding steroid dienone is 1. The number of aromatic nitrogens is 5. The molecule has 32 heavy (non-hydrogen) atoms. The molecular weight excluding hydrogens is 396 g/mol. The molecule has 0 aliphatic carbocycles. The van der Waals surface area contributed by atoms with E-state index >= 15 is 0 Å². The summed E-state index contributed by atoms with van der Waals surface area (Å²) < 4.78 is 1.94. The smallest absolute Gasteiger partial charge is 0.197 e. The van der Waals surface area contributed by atoms with Crippen LogP contribution in [-0.4, -0.2) is 25.0 Å². The van der Waals surface area contributed by atoms with Crippen molar-refractivity contribution >= 4 is 12.0 Å². The Bertz CT molecular complexity index is 951. The molecule has 2 aromatic heterocycles. The Labute approximate surface area is 192 Å². The minimum Gasteiger partial charge on any atom is -0.369 e. The molecule has 0 amide bonds. The average molecular weight is 435 g/mol. The Morgan fingerprint density at radius 2 is 1.75 bits per heavy atom. The number of hydrogen-bond acceptors (Lipinski definition) is 4. The van der Waals surface area contributed by atoms with Crippen molar-refractivity contribution in [3.05, 3.63) is 64.7 Å². The van der Waals surface area contributed by atoms with Gasteiger partial charge in [-0.25, -0.2) is 9.67 Å². The lowest BCUT2D eigenvalue weighted by Crippen LogP contribution is -1.99. The monoisotopic (exact) mass is 434 g/mol. The van der Waals surface area contributed by atoms with Gasteiger partial charge in [-0.15, -0.1) is 5.10 Å². The molecule has 1 aromatic carbocycles. The largest absolute Gasteiger partial charge is 0.369 e. The Morgan fingerprint density at radius 1 is 1.00 bits per heavy atom. The molecule has 3 N–H and O–H groups in total. The summed E-state index contributed by atoms with van der Waals surface area (Å²) >= 11 is 0. The third-order valence-electron chi connectivity index (χ3n) is 5.74. The second kappa shape index (κ2) is 12.8. The van der Waals surface area contributed by atoms with Gasteiger partial charge in [0.05, 0.1) is 18.4 Å². The molecule has 2 heterocycles. The number of H-pyrrole nitrogens is 1. The summed E-state index contributed by atoms with van der Waals surface area (Å²) in [5.41, 5.74) is 11.7. The maximum Gasteiger partial charge on any atom is 0.197 e. The molecule has 0 fully saturated rings. The summed E-state index contributed by atoms with van der Waals surface area (Å²) in [6, 6.07) is 8.98. The van der Waals surface area contributed by atoms with Crippen molar-refractivity contribution in [2.75, 3.05) is 5.73 Å². The minimum atomic E-state index is 0.496. The van der Waals surface area contributed by atoms with Crippen LogP contribution in [0.3, 0.4) is 0 Å². The molecule has 0 atom stereocenters. The number of imidazole rings is 1. The van der Waals surface area contributed by atoms with E-state index in [-0.39, 0.29) is 0 Å². The predicted molar refractivity (Wildman–Crippen MR) is 132 cm³/mol. The Balaban J connectivity index is 1.37. The van der Waals surface area contributed by atoms with Crippen LogP contribution in [0.25, 0.3) is 6.08 Å². The standard InChI is InChI=1S/C26H38N6/c1-3-4-5-7-10-22-13-15-23(16-14-22)17-21(2)19-32-20-25(30-31-32)12-9-6-8-11-24-18-28-26(27)29-24/h13-18,20H,3-12,19H2,1-2H3,(H3,27,28,29)/b21-17+. The topological polar surface area (TPSA) is 85.4 Å². The molecule has 0 saturated carbocycles. The highest BCUT2D eigenvalue weighted by molar-refractivity contribution is 5.52. The zero-order chi connectivity index (χ0) is 22.6. The van der Waals surface area contributed by atoms with Crippen LogP contribution in [0, 0.1) is 0 Å². The number of nitrogens with zero attached hydrogens (tertiary/aromatic N) is 4. The first-order valence-corrected chi connectivity index (χ1v) is 12.1. The van der Waals surface area contributed by atoms with Gasteiger partial charge in [-0.3, -0.25) is 0 Å². The first-order chi connectivity index (χ1) is 15.6. The summed E-state index contributed by atoms with van der Waals surface area (Å²) in [6.07, 6.45) is 17.9. The fourth-order valence-corrected chi connectivity index (χ4v) is 3.95. The molecule has 6 nitrogen and oxygen atoms in total. The molecule has 3 rings (SSSR count). The van der Waals surface area contributed by atoms with Crippen LogP contribution in [0.15, 0.2) is 42.2 Å². The Hall–Kier alpha value is -2.89. The summed E-state index contributed by atoms with van der Waals surface area (Å²) in [5.74, 6) is 0.496. The molecule has 172 valence electrons. The molecule has 0 saturated heterocycles. The highest BCUT2D eigenvalue weighted by Gasteiger charge is 2.03. The van der Waals surface area contributed by atoms with Crippen molar-refractivity contribution in [1.82, 2.24) is 25.0 Å². The molecule has 0 spiro atoms. The fourth-order valence-electron chi connectivity index (χ4n) is 3.95. The lowest BCUT2D eigenvalue weighted by atomic mass is 10.0. The van der Waals surface area contributed by atoms with Gasteiger partial charge in [-0.2, -0.15) is 0 Å². The van der Waals surface area contributed by atoms with Crippen molar-refractivity contribution in [2.45, 2.75) is 84.6 Å². The van der Waals surface area contributed by atoms with Gasteiger partial charge in [0.2, 0.25) is 0 Å². The predicted octanol–water partition coefficient (Wildman–Crippen LogP) is 5.77. The van der Waals surface area contributed by atoms with Gasteiger partial charge in [0.15, 0.2) is 5.95 Å². The number of hydrogen-bond donors (Lipinski definition) is 2. The van der Waals surface area contributed by atoms with Gasteiger partial charge in [0.1, 0.15) is 0 Å². The SMILES string of the molecule is CCCCCCc1ccc(/C=C(\C)Cn2cc(CCCCCc3cnc(N)[nH]3)nn2)cc1. The summed E-state index contributed by atoms with van der Waals surface area (Å²) in [6.45, 7) is 5.18. The number of nitrogen functional groups attached to an aromatic ring is 1. The van der Waals surface area contributed by atoms with E-state index in [9.17, 15) is 0 Å². The van der Waals surface area contributed by atoms with Crippen LogP contribution in [0.5, 0.6) is 0 Å². The van der Waals surface area contributed by atoms with Crippen molar-refractivity contribution < 1.29 is 0 Å². The third kappa shape index (κ3) is 8.33. The Kier molecular flexibility index (Phi) is 9.54. The molecular formula is C26H38N6. The molecule has 0 aliphatic heterocycles. The summed E-state index contributed by atoms with van der Waals surface area (Å²) in [5, 5.41) is 8.65. The number of aromatic amines is 1. The maximum atomic E-state index is 5.61. The van der Waals surface area contributed by atoms with E-state index in [1.54, 1.807) is 0 Å². The number of aryl methyl sites for hydroxylation is 3. The number of nitrogens with one attached hydrogen (secondary N) is 1. The molecule has 3 aromatic rings. The molecule has 0 bridgehead atoms. The zero-order valence-corrected chi connectivity index (χ0v) is 19.7. The highest BCUT2D eigenvalue weighted by Crippen LogP contribution is 2.13. The van der Waals surface area contributed by atoms with E-state index in [1.807, 2.05) is 10.9 Å². The van der Waals surface area contributed by atoms with E-state index in [4.69, 9.17) is 5.73 Å². The molecule has 0 aliphatic rings. The number of benzene rings is 1. The first-order valence-electron chi connectivity index (χ1n) is 12.1. The van der Waals surface area contributed by atoms with Crippen molar-refractivity contribution in [1.29, 1.82) is 0 Å². The van der Waals surface area contributed by atoms with Crippen LogP contribution < -0.4 is 5.73 Å². The lowest BCUT2D eigenvalue weighted by Gasteiger charge is -2.04. The van der Waals surface area contributed by atoms with Crippen molar-refractivity contribution in [2.24, 2.45) is 0 Å². The molecule has 0 radical (unpaired) electrons. The minimum absolute atomic E-state index is 0.496. The van der Waals surface area contributed by atoms with Gasteiger partial charge in [0, 0.05) is 11.9 Å². The number of unbranched alkanes of at least 4 members (excludes halogenated alkanes) is 5. The summed E-state index contributed by atoms with van der Waals surface area (Å²) in [4.78, 5) is 7.11. The van der Waals surface area contributed by atoms with Crippen LogP contribution in [0.2, 0.25) is 0 Å². The van der Waals surface area contributed by atoms with Crippen LogP contribution in [0.1, 0.15) is 81.3 Å². The van der Waals surface area contributed by atoms with Crippen molar-refractivity contribution in [3.63, 3.8) is 0 Å². The normalized spacial score (nSPS) is 11.9. The third-order valence-corrected chi connectivity index (χ3v) is 5.74. The number of anilines is 1. The van der Waals surface area contributed by atoms with Gasteiger partial charge < -0.3 is 10.7 Å². The maximum absolute atomic E-state index is 5.61. The average Bonchev–Trinajstić information content (AvgIpc) is 3.40. The van der Waals surface area contributed by atoms with Gasteiger partial charge in [-0.1, -0.05) is 73.7 Å². The van der Waals surface area contributed by atoms with Crippen LogP contribution in [-0.2, 0) is 25.8 Å². The molecule has 0 unspecified atom stereocenters. The van der Waals surface area contributed by atoms with E-state index < -0.39 is 0 Å². The molecule has 6 heteroatoms. The summed E-state index contributed by atoms with van der Waals surface area (Å²) in [7, 11) is 0. The Morgan fingerprint density at radius 3 is 2.50 bits per heavy atom. The number of nitrogens with two attached hydrogens (primary N) is 1. The first kappa shape index (κ1) is 23.8. The highest BCUT2D eigenvalue weighted by atomic mass is 15.4. The van der Waals surface area contributed by atoms with Gasteiger partial charge in [0.25, 0.3) is 0 Å². The van der Waals surface area contributed by atoms with Crippen LogP contribution >= 0.6 is 0 Å². The second-order valence-corrected chi connectivity index (χ2v) is 8.80.